The largest absolute Gasteiger partial charge is 0.364 e. The van der Waals surface area contributed by atoms with Crippen molar-refractivity contribution >= 4 is 5.91 Å². The zero-order valence-corrected chi connectivity index (χ0v) is 7.14. The first-order chi connectivity index (χ1) is 5.95. The van der Waals surface area contributed by atoms with Crippen molar-refractivity contribution in [1.82, 2.24) is 14.3 Å². The molecule has 7 heteroatoms. The quantitative estimate of drug-likeness (QED) is 0.524. The molecule has 0 aliphatic heterocycles. The van der Waals surface area contributed by atoms with Crippen molar-refractivity contribution < 1.29 is 4.79 Å². The number of primary amides is 1. The zero-order valence-electron chi connectivity index (χ0n) is 7.14. The van der Waals surface area contributed by atoms with Crippen molar-refractivity contribution in [3.05, 3.63) is 26.5 Å². The van der Waals surface area contributed by atoms with Gasteiger partial charge in [0.05, 0.1) is 0 Å². The monoisotopic (exact) mass is 184 g/mol. The summed E-state index contributed by atoms with van der Waals surface area (Å²) in [6.45, 7) is 0. The second-order valence-electron chi connectivity index (χ2n) is 2.48. The normalized spacial score (nSPS) is 10.0. The van der Waals surface area contributed by atoms with Gasteiger partial charge >= 0.3 is 5.69 Å². The van der Waals surface area contributed by atoms with E-state index >= 15 is 0 Å². The Hall–Kier alpha value is -1.92. The van der Waals surface area contributed by atoms with Crippen LogP contribution in [0, 0.1) is 0 Å². The van der Waals surface area contributed by atoms with Crippen molar-refractivity contribution in [3.8, 4) is 0 Å². The highest BCUT2D eigenvalue weighted by Gasteiger charge is 2.12. The van der Waals surface area contributed by atoms with E-state index in [-0.39, 0.29) is 0 Å². The van der Waals surface area contributed by atoms with Gasteiger partial charge in [-0.05, 0) is 0 Å². The van der Waals surface area contributed by atoms with Gasteiger partial charge in [0.15, 0.2) is 0 Å². The molecule has 70 valence electrons. The lowest BCUT2D eigenvalue weighted by molar-refractivity contribution is 0.0990. The zero-order chi connectivity index (χ0) is 10.2. The van der Waals surface area contributed by atoms with Gasteiger partial charge in [-0.25, -0.2) is 9.48 Å². The van der Waals surface area contributed by atoms with Crippen molar-refractivity contribution in [2.24, 2.45) is 19.8 Å². The average Bonchev–Trinajstić information content (AvgIpc) is 2.07. The van der Waals surface area contributed by atoms with Gasteiger partial charge in [-0.1, -0.05) is 0 Å². The second-order valence-corrected chi connectivity index (χ2v) is 2.48. The number of hydrogen-bond acceptors (Lipinski definition) is 4. The highest BCUT2D eigenvalue weighted by molar-refractivity contribution is 5.90. The average molecular weight is 184 g/mol. The summed E-state index contributed by atoms with van der Waals surface area (Å²) in [6, 6.07) is 0. The Morgan fingerprint density at radius 3 is 2.38 bits per heavy atom. The summed E-state index contributed by atoms with van der Waals surface area (Å²) >= 11 is 0. The maximum absolute atomic E-state index is 11.2. The molecule has 1 heterocycles. The fourth-order valence-corrected chi connectivity index (χ4v) is 0.853. The van der Waals surface area contributed by atoms with Gasteiger partial charge < -0.3 is 5.73 Å². The Morgan fingerprint density at radius 1 is 1.38 bits per heavy atom. The molecule has 13 heavy (non-hydrogen) atoms. The van der Waals surface area contributed by atoms with E-state index in [1.54, 1.807) is 0 Å². The van der Waals surface area contributed by atoms with Crippen LogP contribution in [0.2, 0.25) is 0 Å². The fraction of sp³-hybridized carbons (Fsp3) is 0.333. The highest BCUT2D eigenvalue weighted by atomic mass is 16.2. The van der Waals surface area contributed by atoms with Crippen molar-refractivity contribution in [1.29, 1.82) is 0 Å². The summed E-state index contributed by atoms with van der Waals surface area (Å²) in [4.78, 5) is 32.9. The van der Waals surface area contributed by atoms with E-state index in [2.05, 4.69) is 5.10 Å². The van der Waals surface area contributed by atoms with E-state index in [1.165, 1.54) is 14.1 Å². The number of aromatic nitrogens is 3. The molecule has 0 spiro atoms. The lowest BCUT2D eigenvalue weighted by Crippen LogP contribution is -2.43. The van der Waals surface area contributed by atoms with E-state index < -0.39 is 22.9 Å². The minimum atomic E-state index is -0.948. The van der Waals surface area contributed by atoms with Crippen molar-refractivity contribution in [3.63, 3.8) is 0 Å². The molecule has 0 aliphatic rings. The summed E-state index contributed by atoms with van der Waals surface area (Å²) in [6.07, 6.45) is 0. The summed E-state index contributed by atoms with van der Waals surface area (Å²) < 4.78 is 1.65. The number of rotatable bonds is 1. The van der Waals surface area contributed by atoms with E-state index in [0.717, 1.165) is 9.25 Å². The van der Waals surface area contributed by atoms with Crippen LogP contribution in [-0.2, 0) is 14.1 Å². The van der Waals surface area contributed by atoms with Gasteiger partial charge in [-0.15, -0.1) is 0 Å². The number of amides is 1. The number of nitrogens with zero attached hydrogens (tertiary/aromatic N) is 3. The van der Waals surface area contributed by atoms with Crippen LogP contribution in [-0.4, -0.2) is 20.3 Å². The molecule has 0 aromatic carbocycles. The third-order valence-electron chi connectivity index (χ3n) is 1.55. The SMILES string of the molecule is Cn1nc(C(N)=O)c(=O)n(C)c1=O. The molecule has 1 aromatic rings. The number of nitrogens with two attached hydrogens (primary N) is 1. The van der Waals surface area contributed by atoms with Gasteiger partial charge in [0, 0.05) is 14.1 Å². The molecular formula is C6H8N4O3. The summed E-state index contributed by atoms with van der Waals surface area (Å²) in [5, 5.41) is 3.43. The Morgan fingerprint density at radius 2 is 1.92 bits per heavy atom. The van der Waals surface area contributed by atoms with E-state index in [0.29, 0.717) is 0 Å². The maximum atomic E-state index is 11.2. The van der Waals surface area contributed by atoms with Crippen LogP contribution in [0.15, 0.2) is 9.59 Å². The Kier molecular flexibility index (Phi) is 2.01. The molecule has 1 amide bonds. The minimum Gasteiger partial charge on any atom is -0.364 e. The van der Waals surface area contributed by atoms with Gasteiger partial charge in [0.25, 0.3) is 11.5 Å². The first-order valence-electron chi connectivity index (χ1n) is 3.39. The van der Waals surface area contributed by atoms with Crippen LogP contribution in [0.3, 0.4) is 0 Å². The predicted octanol–water partition coefficient (Wildman–Crippen LogP) is -2.42. The van der Waals surface area contributed by atoms with E-state index in [1.807, 2.05) is 0 Å². The highest BCUT2D eigenvalue weighted by Crippen LogP contribution is 1.77. The molecule has 1 aromatic heterocycles. The summed E-state index contributed by atoms with van der Waals surface area (Å²) in [7, 11) is 2.58. The van der Waals surface area contributed by atoms with Crippen LogP contribution in [0.4, 0.5) is 0 Å². The maximum Gasteiger partial charge on any atom is 0.346 e. The summed E-state index contributed by atoms with van der Waals surface area (Å²) in [5.74, 6) is -0.948. The number of carbonyl (C=O) groups is 1. The standard InChI is InChI=1S/C6H8N4O3/c1-9-5(12)3(4(7)11)8-10(2)6(9)13/h1-2H3,(H2,7,11). The molecule has 0 saturated heterocycles. The first-order valence-corrected chi connectivity index (χ1v) is 3.39. The molecule has 0 unspecified atom stereocenters. The van der Waals surface area contributed by atoms with E-state index in [9.17, 15) is 14.4 Å². The van der Waals surface area contributed by atoms with Gasteiger partial charge in [-0.3, -0.25) is 14.2 Å². The third-order valence-corrected chi connectivity index (χ3v) is 1.55. The summed E-state index contributed by atoms with van der Waals surface area (Å²) in [5.41, 5.74) is 3.05. The van der Waals surface area contributed by atoms with Crippen LogP contribution < -0.4 is 17.0 Å². The molecule has 0 fully saturated rings. The fourth-order valence-electron chi connectivity index (χ4n) is 0.853. The lowest BCUT2D eigenvalue weighted by atomic mass is 10.4. The number of carbonyl (C=O) groups excluding carboxylic acids is 1. The Balaban J connectivity index is 3.70. The molecule has 2 N–H and O–H groups in total. The molecule has 1 rings (SSSR count). The van der Waals surface area contributed by atoms with Gasteiger partial charge in [0.1, 0.15) is 0 Å². The van der Waals surface area contributed by atoms with Crippen LogP contribution in [0.25, 0.3) is 0 Å². The first kappa shape index (κ1) is 9.17. The molecule has 0 saturated carbocycles. The van der Waals surface area contributed by atoms with Gasteiger partial charge in [0.2, 0.25) is 5.69 Å². The Labute approximate surface area is 72.4 Å². The lowest BCUT2D eigenvalue weighted by Gasteiger charge is -2.01. The molecule has 0 radical (unpaired) electrons. The van der Waals surface area contributed by atoms with Crippen molar-refractivity contribution in [2.75, 3.05) is 0 Å². The van der Waals surface area contributed by atoms with Crippen LogP contribution in [0.1, 0.15) is 10.5 Å². The number of aryl methyl sites for hydroxylation is 1. The van der Waals surface area contributed by atoms with E-state index in [4.69, 9.17) is 5.73 Å². The number of hydrogen-bond donors (Lipinski definition) is 1. The smallest absolute Gasteiger partial charge is 0.346 e. The molecule has 0 atom stereocenters. The molecule has 0 bridgehead atoms. The topological polar surface area (TPSA) is 100.0 Å². The molecule has 7 nitrogen and oxygen atoms in total. The third kappa shape index (κ3) is 1.35. The van der Waals surface area contributed by atoms with Crippen LogP contribution >= 0.6 is 0 Å². The molecule has 0 aliphatic carbocycles. The van der Waals surface area contributed by atoms with Crippen molar-refractivity contribution in [2.45, 2.75) is 0 Å². The minimum absolute atomic E-state index is 0.440. The van der Waals surface area contributed by atoms with Gasteiger partial charge in [-0.2, -0.15) is 5.10 Å². The second kappa shape index (κ2) is 2.85. The van der Waals surface area contributed by atoms with Crippen LogP contribution in [0.5, 0.6) is 0 Å². The Bertz CT molecular complexity index is 470. The predicted molar refractivity (Wildman–Crippen MR) is 43.2 cm³/mol. The molecular weight excluding hydrogens is 176 g/mol.